The maximum atomic E-state index is 5.73. The monoisotopic (exact) mass is 217 g/mol. The first-order chi connectivity index (χ1) is 7.63. The van der Waals surface area contributed by atoms with E-state index >= 15 is 0 Å². The molecule has 0 saturated carbocycles. The number of aromatic nitrogens is 2. The van der Waals surface area contributed by atoms with Crippen molar-refractivity contribution in [3.8, 4) is 16.9 Å². The molecule has 0 aliphatic heterocycles. The van der Waals surface area contributed by atoms with Crippen LogP contribution in [0.15, 0.2) is 18.2 Å². The molecule has 2 aromatic rings. The van der Waals surface area contributed by atoms with Crippen molar-refractivity contribution in [1.82, 2.24) is 10.2 Å². The number of nitrogens with two attached hydrogens (primary N) is 1. The second kappa shape index (κ2) is 3.89. The summed E-state index contributed by atoms with van der Waals surface area (Å²) in [5.41, 5.74) is 10.5. The maximum Gasteiger partial charge on any atom is 0.128 e. The predicted molar refractivity (Wildman–Crippen MR) is 64.5 cm³/mol. The van der Waals surface area contributed by atoms with Gasteiger partial charge in [0.1, 0.15) is 5.75 Å². The van der Waals surface area contributed by atoms with Crippen LogP contribution in [-0.4, -0.2) is 17.3 Å². The Kier molecular flexibility index (Phi) is 2.56. The lowest BCUT2D eigenvalue weighted by atomic mass is 10.0. The Balaban J connectivity index is 2.64. The van der Waals surface area contributed by atoms with Crippen molar-refractivity contribution in [3.63, 3.8) is 0 Å². The quantitative estimate of drug-likeness (QED) is 0.758. The van der Waals surface area contributed by atoms with Crippen molar-refractivity contribution in [2.45, 2.75) is 13.8 Å². The fourth-order valence-corrected chi connectivity index (χ4v) is 1.86. The van der Waals surface area contributed by atoms with E-state index in [4.69, 9.17) is 10.5 Å². The molecule has 0 unspecified atom stereocenters. The summed E-state index contributed by atoms with van der Waals surface area (Å²) in [6.45, 7) is 3.96. The number of H-pyrrole nitrogens is 1. The molecule has 16 heavy (non-hydrogen) atoms. The van der Waals surface area contributed by atoms with E-state index in [-0.39, 0.29) is 0 Å². The Bertz CT molecular complexity index is 497. The number of hydrogen-bond acceptors (Lipinski definition) is 3. The second-order valence-corrected chi connectivity index (χ2v) is 3.77. The lowest BCUT2D eigenvalue weighted by Gasteiger charge is -2.09. The fourth-order valence-electron chi connectivity index (χ4n) is 1.86. The molecule has 84 valence electrons. The van der Waals surface area contributed by atoms with Crippen molar-refractivity contribution >= 4 is 5.69 Å². The van der Waals surface area contributed by atoms with Gasteiger partial charge in [-0.1, -0.05) is 0 Å². The van der Waals surface area contributed by atoms with Crippen LogP contribution < -0.4 is 10.5 Å². The van der Waals surface area contributed by atoms with E-state index in [1.807, 2.05) is 32.0 Å². The average molecular weight is 217 g/mol. The molecule has 0 spiro atoms. The molecule has 1 heterocycles. The van der Waals surface area contributed by atoms with Crippen molar-refractivity contribution in [2.75, 3.05) is 12.8 Å². The van der Waals surface area contributed by atoms with E-state index in [0.29, 0.717) is 5.69 Å². The summed E-state index contributed by atoms with van der Waals surface area (Å²) < 4.78 is 5.34. The van der Waals surface area contributed by atoms with Crippen molar-refractivity contribution in [2.24, 2.45) is 0 Å². The van der Waals surface area contributed by atoms with E-state index in [1.165, 1.54) is 0 Å². The first-order valence-corrected chi connectivity index (χ1v) is 5.09. The SMILES string of the molecule is COc1cc(N)ccc1-c1c(C)n[nH]c1C. The minimum absolute atomic E-state index is 0.694. The molecular formula is C12H15N3O. The summed E-state index contributed by atoms with van der Waals surface area (Å²) in [5.74, 6) is 0.771. The highest BCUT2D eigenvalue weighted by atomic mass is 16.5. The molecule has 0 aliphatic carbocycles. The minimum atomic E-state index is 0.694. The fraction of sp³-hybridized carbons (Fsp3) is 0.250. The van der Waals surface area contributed by atoms with Gasteiger partial charge < -0.3 is 10.5 Å². The summed E-state index contributed by atoms with van der Waals surface area (Å²) in [6, 6.07) is 5.64. The van der Waals surface area contributed by atoms with Gasteiger partial charge in [0, 0.05) is 28.6 Å². The summed E-state index contributed by atoms with van der Waals surface area (Å²) in [7, 11) is 1.64. The van der Waals surface area contributed by atoms with Crippen molar-refractivity contribution < 1.29 is 4.74 Å². The van der Waals surface area contributed by atoms with Gasteiger partial charge in [0.2, 0.25) is 0 Å². The molecule has 0 atom stereocenters. The van der Waals surface area contributed by atoms with E-state index in [9.17, 15) is 0 Å². The Hall–Kier alpha value is -1.97. The number of benzene rings is 1. The highest BCUT2D eigenvalue weighted by Gasteiger charge is 2.13. The number of aryl methyl sites for hydroxylation is 2. The third kappa shape index (κ3) is 1.62. The molecule has 0 saturated heterocycles. The molecule has 3 N–H and O–H groups in total. The Labute approximate surface area is 94.4 Å². The number of methoxy groups -OCH3 is 1. The lowest BCUT2D eigenvalue weighted by Crippen LogP contribution is -1.92. The van der Waals surface area contributed by atoms with E-state index < -0.39 is 0 Å². The molecule has 2 rings (SSSR count). The van der Waals surface area contributed by atoms with Crippen LogP contribution in [0, 0.1) is 13.8 Å². The maximum absolute atomic E-state index is 5.73. The predicted octanol–water partition coefficient (Wildman–Crippen LogP) is 2.28. The summed E-state index contributed by atoms with van der Waals surface area (Å²) >= 11 is 0. The van der Waals surface area contributed by atoms with Gasteiger partial charge >= 0.3 is 0 Å². The van der Waals surface area contributed by atoms with Gasteiger partial charge in [-0.2, -0.15) is 5.10 Å². The molecular weight excluding hydrogens is 202 g/mol. The lowest BCUT2D eigenvalue weighted by molar-refractivity contribution is 0.416. The molecule has 0 amide bonds. The van der Waals surface area contributed by atoms with Gasteiger partial charge in [0.25, 0.3) is 0 Å². The van der Waals surface area contributed by atoms with Crippen LogP contribution in [0.25, 0.3) is 11.1 Å². The molecule has 1 aromatic heterocycles. The largest absolute Gasteiger partial charge is 0.496 e. The third-order valence-electron chi connectivity index (χ3n) is 2.62. The van der Waals surface area contributed by atoms with Gasteiger partial charge in [0.15, 0.2) is 0 Å². The first kappa shape index (κ1) is 10.5. The van der Waals surface area contributed by atoms with Crippen LogP contribution in [0.5, 0.6) is 5.75 Å². The number of hydrogen-bond donors (Lipinski definition) is 2. The number of anilines is 1. The smallest absolute Gasteiger partial charge is 0.128 e. The molecule has 0 fully saturated rings. The van der Waals surface area contributed by atoms with Gasteiger partial charge in [-0.3, -0.25) is 5.10 Å². The van der Waals surface area contributed by atoms with Gasteiger partial charge in [-0.15, -0.1) is 0 Å². The van der Waals surface area contributed by atoms with E-state index in [1.54, 1.807) is 7.11 Å². The number of rotatable bonds is 2. The Morgan fingerprint density at radius 1 is 1.31 bits per heavy atom. The third-order valence-corrected chi connectivity index (χ3v) is 2.62. The van der Waals surface area contributed by atoms with Crippen molar-refractivity contribution in [3.05, 3.63) is 29.6 Å². The average Bonchev–Trinajstić information content (AvgIpc) is 2.59. The van der Waals surface area contributed by atoms with Crippen LogP contribution in [0.2, 0.25) is 0 Å². The molecule has 1 aromatic carbocycles. The highest BCUT2D eigenvalue weighted by Crippen LogP contribution is 2.34. The Morgan fingerprint density at radius 3 is 2.62 bits per heavy atom. The minimum Gasteiger partial charge on any atom is -0.496 e. The van der Waals surface area contributed by atoms with Gasteiger partial charge in [-0.05, 0) is 26.0 Å². The highest BCUT2D eigenvalue weighted by molar-refractivity contribution is 5.76. The van der Waals surface area contributed by atoms with Crippen molar-refractivity contribution in [1.29, 1.82) is 0 Å². The van der Waals surface area contributed by atoms with Gasteiger partial charge in [-0.25, -0.2) is 0 Å². The first-order valence-electron chi connectivity index (χ1n) is 5.09. The molecule has 0 aliphatic rings. The summed E-state index contributed by atoms with van der Waals surface area (Å²) in [5, 5.41) is 7.14. The normalized spacial score (nSPS) is 10.4. The van der Waals surface area contributed by atoms with Crippen LogP contribution >= 0.6 is 0 Å². The molecule has 4 nitrogen and oxygen atoms in total. The number of aromatic amines is 1. The van der Waals surface area contributed by atoms with E-state index in [2.05, 4.69) is 10.2 Å². The van der Waals surface area contributed by atoms with Crippen LogP contribution in [0.4, 0.5) is 5.69 Å². The van der Waals surface area contributed by atoms with Crippen LogP contribution in [0.3, 0.4) is 0 Å². The zero-order chi connectivity index (χ0) is 11.7. The zero-order valence-electron chi connectivity index (χ0n) is 9.66. The number of nitrogens with zero attached hydrogens (tertiary/aromatic N) is 1. The number of nitrogens with one attached hydrogen (secondary N) is 1. The van der Waals surface area contributed by atoms with E-state index in [0.717, 1.165) is 28.3 Å². The summed E-state index contributed by atoms with van der Waals surface area (Å²) in [6.07, 6.45) is 0. The zero-order valence-corrected chi connectivity index (χ0v) is 9.66. The van der Waals surface area contributed by atoms with Gasteiger partial charge in [0.05, 0.1) is 12.8 Å². The van der Waals surface area contributed by atoms with Crippen LogP contribution in [0.1, 0.15) is 11.4 Å². The summed E-state index contributed by atoms with van der Waals surface area (Å²) in [4.78, 5) is 0. The van der Waals surface area contributed by atoms with Crippen LogP contribution in [-0.2, 0) is 0 Å². The molecule has 0 bridgehead atoms. The molecule has 4 heteroatoms. The standard InChI is InChI=1S/C12H15N3O/c1-7-12(8(2)15-14-7)10-5-4-9(13)6-11(10)16-3/h4-6H,13H2,1-3H3,(H,14,15). The Morgan fingerprint density at radius 2 is 2.06 bits per heavy atom. The molecule has 0 radical (unpaired) electrons. The second-order valence-electron chi connectivity index (χ2n) is 3.77. The number of nitrogen functional groups attached to an aromatic ring is 1. The number of ether oxygens (including phenoxy) is 1. The topological polar surface area (TPSA) is 63.9 Å².